The number of aliphatic hydroxyl groups excluding tert-OH is 1. The van der Waals surface area contributed by atoms with Crippen molar-refractivity contribution in [3.63, 3.8) is 0 Å². The predicted octanol–water partition coefficient (Wildman–Crippen LogP) is 4.65. The van der Waals surface area contributed by atoms with Gasteiger partial charge in [0, 0.05) is 31.2 Å². The number of anilines is 2. The standard InChI is InChI=1S/C25H31ClF2N4O3S/c1-2-16(15-33)17-10-11-32(14-17)22-7-4-3-6-20(22)29-21-13-19(27)23(12-18(21)26)36(34,35)31-25-9-5-8-24(28)30-25/h2,5,8-9,12-13,16-17,20,22,29,33H,1,3-4,6-7,10-11,14-15H2,(H,30,31)/t16-,17-,20+,22+/m1/s1. The van der Waals surface area contributed by atoms with Gasteiger partial charge in [-0.15, -0.1) is 6.58 Å². The highest BCUT2D eigenvalue weighted by Gasteiger charge is 2.36. The van der Waals surface area contributed by atoms with Crippen molar-refractivity contribution in [1.82, 2.24) is 9.88 Å². The Balaban J connectivity index is 1.50. The molecule has 2 aliphatic rings. The SMILES string of the molecule is C=C[C@H](CO)[C@@H]1CCN([C@H]2CCCC[C@@H]2Nc2cc(F)c(S(=O)(=O)Nc3cccc(F)n3)cc2Cl)C1. The molecule has 1 saturated carbocycles. The largest absolute Gasteiger partial charge is 0.396 e. The quantitative estimate of drug-likeness (QED) is 0.316. The van der Waals surface area contributed by atoms with Crippen molar-refractivity contribution < 1.29 is 22.3 Å². The Morgan fingerprint density at radius 1 is 1.25 bits per heavy atom. The molecule has 0 unspecified atom stereocenters. The van der Waals surface area contributed by atoms with E-state index in [1.807, 2.05) is 6.08 Å². The van der Waals surface area contributed by atoms with Gasteiger partial charge in [-0.2, -0.15) is 4.39 Å². The molecular formula is C25H31ClF2N4O3S. The van der Waals surface area contributed by atoms with Gasteiger partial charge in [0.1, 0.15) is 16.5 Å². The van der Waals surface area contributed by atoms with Gasteiger partial charge in [0.25, 0.3) is 10.0 Å². The molecule has 1 aromatic carbocycles. The second-order valence-corrected chi connectivity index (χ2v) is 11.5. The molecule has 1 aliphatic carbocycles. The fourth-order valence-electron chi connectivity index (χ4n) is 5.30. The molecule has 0 amide bonds. The first-order valence-electron chi connectivity index (χ1n) is 12.1. The van der Waals surface area contributed by atoms with E-state index in [4.69, 9.17) is 11.6 Å². The first kappa shape index (κ1) is 26.8. The fourth-order valence-corrected chi connectivity index (χ4v) is 6.67. The lowest BCUT2D eigenvalue weighted by Crippen LogP contribution is -2.48. The highest BCUT2D eigenvalue weighted by molar-refractivity contribution is 7.92. The maximum absolute atomic E-state index is 15.0. The van der Waals surface area contributed by atoms with Crippen LogP contribution in [0.2, 0.25) is 5.02 Å². The molecule has 2 heterocycles. The number of nitrogens with one attached hydrogen (secondary N) is 2. The number of hydrogen-bond donors (Lipinski definition) is 3. The highest BCUT2D eigenvalue weighted by Crippen LogP contribution is 2.35. The van der Waals surface area contributed by atoms with E-state index in [2.05, 4.69) is 26.5 Å². The maximum Gasteiger partial charge on any atom is 0.266 e. The van der Waals surface area contributed by atoms with Crippen LogP contribution in [0.3, 0.4) is 0 Å². The van der Waals surface area contributed by atoms with Gasteiger partial charge in [0.2, 0.25) is 5.95 Å². The smallest absolute Gasteiger partial charge is 0.266 e. The molecule has 36 heavy (non-hydrogen) atoms. The number of aliphatic hydroxyl groups is 1. The van der Waals surface area contributed by atoms with Crippen LogP contribution < -0.4 is 10.0 Å². The van der Waals surface area contributed by atoms with Crippen molar-refractivity contribution in [2.45, 2.75) is 49.1 Å². The Morgan fingerprint density at radius 2 is 2.03 bits per heavy atom. The van der Waals surface area contributed by atoms with Gasteiger partial charge in [-0.05, 0) is 56.0 Å². The number of pyridine rings is 1. The van der Waals surface area contributed by atoms with Crippen molar-refractivity contribution in [3.05, 3.63) is 59.8 Å². The minimum absolute atomic E-state index is 0.0165. The Hall–Kier alpha value is -2.27. The molecule has 0 spiro atoms. The second-order valence-electron chi connectivity index (χ2n) is 9.44. The number of hydrogen-bond acceptors (Lipinski definition) is 6. The second kappa shape index (κ2) is 11.4. The van der Waals surface area contributed by atoms with Crippen LogP contribution in [-0.2, 0) is 10.0 Å². The summed E-state index contributed by atoms with van der Waals surface area (Å²) in [6.07, 6.45) is 6.78. The van der Waals surface area contributed by atoms with Crippen molar-refractivity contribution in [2.24, 2.45) is 11.8 Å². The van der Waals surface area contributed by atoms with Crippen LogP contribution in [0.1, 0.15) is 32.1 Å². The van der Waals surface area contributed by atoms with E-state index in [9.17, 15) is 17.9 Å². The minimum atomic E-state index is -4.38. The summed E-state index contributed by atoms with van der Waals surface area (Å²) in [7, 11) is -4.38. The summed E-state index contributed by atoms with van der Waals surface area (Å²) >= 11 is 6.42. The van der Waals surface area contributed by atoms with Crippen LogP contribution in [0.5, 0.6) is 0 Å². The van der Waals surface area contributed by atoms with Crippen LogP contribution in [-0.4, -0.2) is 55.2 Å². The first-order valence-corrected chi connectivity index (χ1v) is 14.0. The van der Waals surface area contributed by atoms with Gasteiger partial charge < -0.3 is 10.4 Å². The van der Waals surface area contributed by atoms with Crippen LogP contribution in [0.4, 0.5) is 20.3 Å². The summed E-state index contributed by atoms with van der Waals surface area (Å²) < 4.78 is 55.9. The van der Waals surface area contributed by atoms with E-state index in [0.717, 1.165) is 63.4 Å². The van der Waals surface area contributed by atoms with E-state index in [1.165, 1.54) is 12.1 Å². The molecule has 11 heteroatoms. The average Bonchev–Trinajstić information content (AvgIpc) is 3.32. The number of nitrogens with zero attached hydrogens (tertiary/aromatic N) is 2. The molecule has 4 atom stereocenters. The average molecular weight is 541 g/mol. The third kappa shape index (κ3) is 5.99. The van der Waals surface area contributed by atoms with Crippen molar-refractivity contribution >= 4 is 33.1 Å². The lowest BCUT2D eigenvalue weighted by Gasteiger charge is -2.39. The molecule has 3 N–H and O–H groups in total. The summed E-state index contributed by atoms with van der Waals surface area (Å²) in [6.45, 7) is 5.71. The molecule has 1 aromatic heterocycles. The Kier molecular flexibility index (Phi) is 8.49. The molecule has 0 bridgehead atoms. The number of sulfonamides is 1. The van der Waals surface area contributed by atoms with Gasteiger partial charge in [0.05, 0.1) is 10.7 Å². The van der Waals surface area contributed by atoms with E-state index in [-0.39, 0.29) is 35.4 Å². The number of likely N-dealkylation sites (tertiary alicyclic amines) is 1. The molecule has 4 rings (SSSR count). The summed E-state index contributed by atoms with van der Waals surface area (Å²) in [5.74, 6) is -1.69. The van der Waals surface area contributed by atoms with Gasteiger partial charge in [0.15, 0.2) is 0 Å². The van der Waals surface area contributed by atoms with Crippen molar-refractivity contribution in [1.29, 1.82) is 0 Å². The van der Waals surface area contributed by atoms with E-state index in [0.29, 0.717) is 11.6 Å². The molecule has 1 saturated heterocycles. The highest BCUT2D eigenvalue weighted by atomic mass is 35.5. The number of benzene rings is 1. The number of halogens is 3. The van der Waals surface area contributed by atoms with Gasteiger partial charge >= 0.3 is 0 Å². The molecule has 2 fully saturated rings. The third-order valence-electron chi connectivity index (χ3n) is 7.18. The zero-order valence-electron chi connectivity index (χ0n) is 19.8. The van der Waals surface area contributed by atoms with Crippen LogP contribution in [0.25, 0.3) is 0 Å². The van der Waals surface area contributed by atoms with Gasteiger partial charge in [-0.3, -0.25) is 9.62 Å². The van der Waals surface area contributed by atoms with E-state index in [1.54, 1.807) is 0 Å². The Morgan fingerprint density at radius 3 is 2.75 bits per heavy atom. The van der Waals surface area contributed by atoms with E-state index < -0.39 is 26.7 Å². The monoisotopic (exact) mass is 540 g/mol. The molecular weight excluding hydrogens is 510 g/mol. The predicted molar refractivity (Wildman–Crippen MR) is 137 cm³/mol. The first-order chi connectivity index (χ1) is 17.2. The number of aromatic nitrogens is 1. The zero-order chi connectivity index (χ0) is 25.9. The Bertz CT molecular complexity index is 1200. The normalized spacial score (nSPS) is 23.8. The van der Waals surface area contributed by atoms with Crippen molar-refractivity contribution in [3.8, 4) is 0 Å². The summed E-state index contributed by atoms with van der Waals surface area (Å²) in [6, 6.07) is 6.01. The molecule has 1 aliphatic heterocycles. The molecule has 2 aromatic rings. The fraction of sp³-hybridized carbons (Fsp3) is 0.480. The number of rotatable bonds is 9. The summed E-state index contributed by atoms with van der Waals surface area (Å²) in [5.41, 5.74) is 0.323. The molecule has 7 nitrogen and oxygen atoms in total. The van der Waals surface area contributed by atoms with E-state index >= 15 is 4.39 Å². The minimum Gasteiger partial charge on any atom is -0.396 e. The third-order valence-corrected chi connectivity index (χ3v) is 8.86. The lowest BCUT2D eigenvalue weighted by molar-refractivity contribution is 0.156. The van der Waals surface area contributed by atoms with Gasteiger partial charge in [-0.25, -0.2) is 17.8 Å². The summed E-state index contributed by atoms with van der Waals surface area (Å²) in [4.78, 5) is 5.23. The van der Waals surface area contributed by atoms with Crippen molar-refractivity contribution in [2.75, 3.05) is 29.7 Å². The molecule has 196 valence electrons. The summed E-state index contributed by atoms with van der Waals surface area (Å²) in [5, 5.41) is 13.1. The van der Waals surface area contributed by atoms with Gasteiger partial charge in [-0.1, -0.05) is 36.6 Å². The Labute approximate surface area is 215 Å². The van der Waals surface area contributed by atoms with Crippen LogP contribution in [0, 0.1) is 23.6 Å². The maximum atomic E-state index is 15.0. The lowest BCUT2D eigenvalue weighted by atomic mass is 9.88. The van der Waals surface area contributed by atoms with Crippen LogP contribution in [0.15, 0.2) is 47.9 Å². The van der Waals surface area contributed by atoms with Crippen LogP contribution >= 0.6 is 11.6 Å². The topological polar surface area (TPSA) is 94.6 Å². The molecule has 0 radical (unpaired) electrons. The zero-order valence-corrected chi connectivity index (χ0v) is 21.4.